The quantitative estimate of drug-likeness (QED) is 0.563. The summed E-state index contributed by atoms with van der Waals surface area (Å²) < 4.78 is 13.0. The summed E-state index contributed by atoms with van der Waals surface area (Å²) >= 11 is 0. The molecule has 1 aromatic rings. The summed E-state index contributed by atoms with van der Waals surface area (Å²) in [6, 6.07) is 2.64. The van der Waals surface area contributed by atoms with E-state index in [9.17, 15) is 9.18 Å². The number of aryl methyl sites for hydroxylation is 1. The maximum absolute atomic E-state index is 13.0. The van der Waals surface area contributed by atoms with Crippen LogP contribution in [0.1, 0.15) is 22.8 Å². The summed E-state index contributed by atoms with van der Waals surface area (Å²) in [5, 5.41) is 0. The van der Waals surface area contributed by atoms with Crippen molar-refractivity contribution in [1.82, 2.24) is 0 Å². The number of carbonyl (C=O) groups excluding carboxylic acids is 1. The van der Waals surface area contributed by atoms with Gasteiger partial charge < -0.3 is 5.73 Å². The van der Waals surface area contributed by atoms with Crippen molar-refractivity contribution in [3.05, 3.63) is 29.1 Å². The molecule has 0 amide bonds. The van der Waals surface area contributed by atoms with Crippen LogP contribution < -0.4 is 5.73 Å². The predicted octanol–water partition coefficient (Wildman–Crippen LogP) is 2.34. The number of carbonyl (C=O) groups is 1. The van der Waals surface area contributed by atoms with Crippen LogP contribution in [0.15, 0.2) is 12.1 Å². The topological polar surface area (TPSA) is 43.1 Å². The second-order valence-electron chi connectivity index (χ2n) is 2.74. The van der Waals surface area contributed by atoms with Crippen LogP contribution in [0.4, 0.5) is 10.1 Å². The lowest BCUT2D eigenvalue weighted by Gasteiger charge is -2.03. The minimum Gasteiger partial charge on any atom is -0.398 e. The SMILES string of the molecule is CC(=O)c1cc(N)c(C)cc1F.Cl. The Balaban J connectivity index is 0.00000144. The molecule has 0 heterocycles. The van der Waals surface area contributed by atoms with Gasteiger partial charge in [-0.05, 0) is 31.5 Å². The maximum Gasteiger partial charge on any atom is 0.162 e. The molecule has 2 N–H and O–H groups in total. The van der Waals surface area contributed by atoms with Crippen molar-refractivity contribution in [3.8, 4) is 0 Å². The highest BCUT2D eigenvalue weighted by molar-refractivity contribution is 5.95. The standard InChI is InChI=1S/C9H10FNO.ClH/c1-5-3-8(10)7(6(2)12)4-9(5)11;/h3-4H,11H2,1-2H3;1H. The molecule has 1 aromatic carbocycles. The number of hydrogen-bond acceptors (Lipinski definition) is 2. The smallest absolute Gasteiger partial charge is 0.162 e. The Morgan fingerprint density at radius 1 is 1.46 bits per heavy atom. The number of hydrogen-bond donors (Lipinski definition) is 1. The van der Waals surface area contributed by atoms with Gasteiger partial charge in [0, 0.05) is 5.69 Å². The number of anilines is 1. The van der Waals surface area contributed by atoms with Gasteiger partial charge in [-0.2, -0.15) is 0 Å². The molecule has 13 heavy (non-hydrogen) atoms. The first-order valence-electron chi connectivity index (χ1n) is 3.59. The number of benzene rings is 1. The van der Waals surface area contributed by atoms with E-state index in [-0.39, 0.29) is 23.8 Å². The molecule has 72 valence electrons. The summed E-state index contributed by atoms with van der Waals surface area (Å²) in [5.41, 5.74) is 6.66. The van der Waals surface area contributed by atoms with Gasteiger partial charge in [-0.15, -0.1) is 12.4 Å². The fourth-order valence-corrected chi connectivity index (χ4v) is 0.959. The van der Waals surface area contributed by atoms with Gasteiger partial charge in [0.1, 0.15) is 5.82 Å². The molecule has 2 nitrogen and oxygen atoms in total. The molecule has 0 aliphatic rings. The van der Waals surface area contributed by atoms with Crippen LogP contribution in [0.25, 0.3) is 0 Å². The Morgan fingerprint density at radius 2 is 2.00 bits per heavy atom. The molecule has 0 aromatic heterocycles. The van der Waals surface area contributed by atoms with E-state index in [0.29, 0.717) is 11.3 Å². The number of ketones is 1. The van der Waals surface area contributed by atoms with Crippen LogP contribution in [0.3, 0.4) is 0 Å². The molecule has 0 spiro atoms. The third-order valence-corrected chi connectivity index (χ3v) is 1.74. The van der Waals surface area contributed by atoms with Gasteiger partial charge in [0.05, 0.1) is 5.56 Å². The van der Waals surface area contributed by atoms with E-state index in [0.717, 1.165) is 0 Å². The van der Waals surface area contributed by atoms with E-state index in [4.69, 9.17) is 5.73 Å². The average Bonchev–Trinajstić information content (AvgIpc) is 1.96. The van der Waals surface area contributed by atoms with E-state index >= 15 is 0 Å². The maximum atomic E-state index is 13.0. The van der Waals surface area contributed by atoms with Gasteiger partial charge in [-0.3, -0.25) is 4.79 Å². The van der Waals surface area contributed by atoms with Crippen molar-refractivity contribution in [2.75, 3.05) is 5.73 Å². The number of rotatable bonds is 1. The van der Waals surface area contributed by atoms with E-state index < -0.39 is 5.82 Å². The lowest BCUT2D eigenvalue weighted by molar-refractivity contribution is 0.101. The summed E-state index contributed by atoms with van der Waals surface area (Å²) in [7, 11) is 0. The monoisotopic (exact) mass is 203 g/mol. The van der Waals surface area contributed by atoms with E-state index in [1.54, 1.807) is 6.92 Å². The molecule has 0 aliphatic carbocycles. The highest BCUT2D eigenvalue weighted by Gasteiger charge is 2.08. The average molecular weight is 204 g/mol. The van der Waals surface area contributed by atoms with Crippen LogP contribution in [-0.4, -0.2) is 5.78 Å². The number of halogens is 2. The predicted molar refractivity (Wildman–Crippen MR) is 52.8 cm³/mol. The highest BCUT2D eigenvalue weighted by Crippen LogP contribution is 2.17. The Bertz CT molecular complexity index is 339. The van der Waals surface area contributed by atoms with Crippen molar-refractivity contribution in [1.29, 1.82) is 0 Å². The second kappa shape index (κ2) is 4.23. The first-order valence-corrected chi connectivity index (χ1v) is 3.59. The van der Waals surface area contributed by atoms with Gasteiger partial charge >= 0.3 is 0 Å². The van der Waals surface area contributed by atoms with Crippen molar-refractivity contribution in [3.63, 3.8) is 0 Å². The normalized spacial score (nSPS) is 9.15. The molecule has 0 saturated heterocycles. The largest absolute Gasteiger partial charge is 0.398 e. The molecule has 0 atom stereocenters. The molecule has 4 heteroatoms. The van der Waals surface area contributed by atoms with E-state index in [1.807, 2.05) is 0 Å². The molecule has 0 bridgehead atoms. The van der Waals surface area contributed by atoms with Crippen LogP contribution >= 0.6 is 12.4 Å². The van der Waals surface area contributed by atoms with Crippen LogP contribution in [0.2, 0.25) is 0 Å². The zero-order chi connectivity index (χ0) is 9.30. The minimum atomic E-state index is -0.505. The van der Waals surface area contributed by atoms with Gasteiger partial charge in [0.15, 0.2) is 5.78 Å². The number of nitrogens with two attached hydrogens (primary N) is 1. The molecule has 0 fully saturated rings. The fourth-order valence-electron chi connectivity index (χ4n) is 0.959. The number of nitrogen functional groups attached to an aromatic ring is 1. The fraction of sp³-hybridized carbons (Fsp3) is 0.222. The van der Waals surface area contributed by atoms with E-state index in [2.05, 4.69) is 0 Å². The summed E-state index contributed by atoms with van der Waals surface area (Å²) in [6.45, 7) is 3.01. The van der Waals surface area contributed by atoms with Crippen molar-refractivity contribution in [2.24, 2.45) is 0 Å². The summed E-state index contributed by atoms with van der Waals surface area (Å²) in [5.74, 6) is -0.812. The summed E-state index contributed by atoms with van der Waals surface area (Å²) in [4.78, 5) is 10.8. The highest BCUT2D eigenvalue weighted by atomic mass is 35.5. The molecule has 0 unspecified atom stereocenters. The molecular weight excluding hydrogens is 193 g/mol. The molecular formula is C9H11ClFNO. The lowest BCUT2D eigenvalue weighted by Crippen LogP contribution is -2.00. The van der Waals surface area contributed by atoms with E-state index in [1.165, 1.54) is 19.1 Å². The van der Waals surface area contributed by atoms with Gasteiger partial charge in [0.2, 0.25) is 0 Å². The Morgan fingerprint density at radius 3 is 2.46 bits per heavy atom. The van der Waals surface area contributed by atoms with Gasteiger partial charge in [0.25, 0.3) is 0 Å². The first kappa shape index (κ1) is 11.9. The lowest BCUT2D eigenvalue weighted by atomic mass is 10.1. The van der Waals surface area contributed by atoms with Crippen LogP contribution in [0, 0.1) is 12.7 Å². The summed E-state index contributed by atoms with van der Waals surface area (Å²) in [6.07, 6.45) is 0. The van der Waals surface area contributed by atoms with Crippen molar-refractivity contribution < 1.29 is 9.18 Å². The first-order chi connectivity index (χ1) is 5.52. The third kappa shape index (κ3) is 2.42. The second-order valence-corrected chi connectivity index (χ2v) is 2.74. The minimum absolute atomic E-state index is 0. The molecule has 0 aliphatic heterocycles. The van der Waals surface area contributed by atoms with Crippen molar-refractivity contribution >= 4 is 23.9 Å². The molecule has 0 saturated carbocycles. The zero-order valence-electron chi connectivity index (χ0n) is 7.43. The van der Waals surface area contributed by atoms with Crippen molar-refractivity contribution in [2.45, 2.75) is 13.8 Å². The van der Waals surface area contributed by atoms with Gasteiger partial charge in [-0.25, -0.2) is 4.39 Å². The molecule has 1 rings (SSSR count). The Hall–Kier alpha value is -1.09. The number of Topliss-reactive ketones (excluding diaryl/α,β-unsaturated/α-hetero) is 1. The third-order valence-electron chi connectivity index (χ3n) is 1.74. The van der Waals surface area contributed by atoms with Gasteiger partial charge in [-0.1, -0.05) is 0 Å². The van der Waals surface area contributed by atoms with Crippen LogP contribution in [0.5, 0.6) is 0 Å². The molecule has 0 radical (unpaired) electrons. The van der Waals surface area contributed by atoms with Crippen LogP contribution in [-0.2, 0) is 0 Å². The Labute approximate surface area is 82.3 Å². The zero-order valence-corrected chi connectivity index (χ0v) is 8.24. The Kier molecular flexibility index (Phi) is 3.88.